The number of ether oxygens (including phenoxy) is 1. The number of hydrogen-bond acceptors (Lipinski definition) is 4. The Morgan fingerprint density at radius 1 is 1.12 bits per heavy atom. The number of rotatable bonds is 8. The topological polar surface area (TPSA) is 95.9 Å². The van der Waals surface area contributed by atoms with E-state index in [1.807, 2.05) is 30.3 Å². The summed E-state index contributed by atoms with van der Waals surface area (Å²) < 4.78 is 5.17. The molecule has 25 heavy (non-hydrogen) atoms. The van der Waals surface area contributed by atoms with E-state index >= 15 is 0 Å². The van der Waals surface area contributed by atoms with Gasteiger partial charge in [0.25, 0.3) is 0 Å². The normalized spacial score (nSPS) is 15.0. The third kappa shape index (κ3) is 6.54. The van der Waals surface area contributed by atoms with Gasteiger partial charge in [-0.05, 0) is 24.8 Å². The zero-order valence-corrected chi connectivity index (χ0v) is 14.1. The number of nitrogens with one attached hydrogen (secondary N) is 1. The maximum atomic E-state index is 12.0. The van der Waals surface area contributed by atoms with Crippen LogP contribution in [0.4, 0.5) is 0 Å². The lowest BCUT2D eigenvalue weighted by molar-refractivity contribution is -0.147. The zero-order valence-electron chi connectivity index (χ0n) is 14.1. The van der Waals surface area contributed by atoms with Crippen molar-refractivity contribution in [2.75, 3.05) is 32.8 Å². The Labute approximate surface area is 147 Å². The van der Waals surface area contributed by atoms with Gasteiger partial charge in [0.2, 0.25) is 11.8 Å². The fraction of sp³-hybridized carbons (Fsp3) is 0.500. The SMILES string of the molecule is O=C(COCC(=O)N1CCC(C(=O)O)CC1)NCCc1ccccc1. The van der Waals surface area contributed by atoms with E-state index in [4.69, 9.17) is 9.84 Å². The van der Waals surface area contributed by atoms with Crippen LogP contribution >= 0.6 is 0 Å². The molecule has 0 atom stereocenters. The number of carbonyl (C=O) groups is 3. The molecule has 0 unspecified atom stereocenters. The molecule has 0 saturated carbocycles. The molecule has 2 rings (SSSR count). The van der Waals surface area contributed by atoms with Crippen molar-refractivity contribution in [3.05, 3.63) is 35.9 Å². The van der Waals surface area contributed by atoms with Gasteiger partial charge in [-0.3, -0.25) is 14.4 Å². The predicted octanol–water partition coefficient (Wildman–Crippen LogP) is 0.685. The van der Waals surface area contributed by atoms with Crippen LogP contribution < -0.4 is 5.32 Å². The van der Waals surface area contributed by atoms with E-state index in [0.29, 0.717) is 32.5 Å². The second kappa shape index (κ2) is 9.78. The Kier molecular flexibility index (Phi) is 7.40. The molecule has 1 aliphatic rings. The minimum atomic E-state index is -0.810. The van der Waals surface area contributed by atoms with Crippen LogP contribution in [0.3, 0.4) is 0 Å². The minimum absolute atomic E-state index is 0.161. The van der Waals surface area contributed by atoms with Crippen molar-refractivity contribution in [2.24, 2.45) is 5.92 Å². The van der Waals surface area contributed by atoms with Crippen LogP contribution in [0.25, 0.3) is 0 Å². The quantitative estimate of drug-likeness (QED) is 0.720. The van der Waals surface area contributed by atoms with Crippen molar-refractivity contribution in [3.63, 3.8) is 0 Å². The van der Waals surface area contributed by atoms with E-state index in [1.54, 1.807) is 4.90 Å². The smallest absolute Gasteiger partial charge is 0.306 e. The average Bonchev–Trinajstić information content (AvgIpc) is 2.62. The second-order valence-electron chi connectivity index (χ2n) is 6.07. The first-order chi connectivity index (χ1) is 12.1. The largest absolute Gasteiger partial charge is 0.481 e. The Morgan fingerprint density at radius 2 is 1.80 bits per heavy atom. The molecule has 1 saturated heterocycles. The number of carbonyl (C=O) groups excluding carboxylic acids is 2. The Bertz CT molecular complexity index is 582. The standard InChI is InChI=1S/C18H24N2O5/c21-16(19-9-6-14-4-2-1-3-5-14)12-25-13-17(22)20-10-7-15(8-11-20)18(23)24/h1-5,15H,6-13H2,(H,19,21)(H,23,24). The molecule has 7 nitrogen and oxygen atoms in total. The molecule has 7 heteroatoms. The number of carboxylic acids is 1. The van der Waals surface area contributed by atoms with E-state index in [0.717, 1.165) is 12.0 Å². The highest BCUT2D eigenvalue weighted by Crippen LogP contribution is 2.17. The molecule has 0 aromatic heterocycles. The molecule has 0 aliphatic carbocycles. The van der Waals surface area contributed by atoms with Crippen molar-refractivity contribution in [2.45, 2.75) is 19.3 Å². The van der Waals surface area contributed by atoms with E-state index < -0.39 is 5.97 Å². The number of hydrogen-bond donors (Lipinski definition) is 2. The van der Waals surface area contributed by atoms with Crippen LogP contribution in [-0.2, 0) is 25.5 Å². The summed E-state index contributed by atoms with van der Waals surface area (Å²) in [5.41, 5.74) is 1.14. The molecule has 2 amide bonds. The summed E-state index contributed by atoms with van der Waals surface area (Å²) in [5.74, 6) is -1.65. The molecular weight excluding hydrogens is 324 g/mol. The van der Waals surface area contributed by atoms with Crippen molar-refractivity contribution < 1.29 is 24.2 Å². The molecule has 1 aliphatic heterocycles. The van der Waals surface area contributed by atoms with E-state index in [1.165, 1.54) is 0 Å². The maximum absolute atomic E-state index is 12.0. The van der Waals surface area contributed by atoms with E-state index in [-0.39, 0.29) is 30.9 Å². The first-order valence-corrected chi connectivity index (χ1v) is 8.45. The number of benzene rings is 1. The summed E-state index contributed by atoms with van der Waals surface area (Å²) in [6.45, 7) is 1.03. The highest BCUT2D eigenvalue weighted by atomic mass is 16.5. The summed E-state index contributed by atoms with van der Waals surface area (Å²) >= 11 is 0. The third-order valence-corrected chi connectivity index (χ3v) is 4.23. The van der Waals surface area contributed by atoms with Crippen molar-refractivity contribution >= 4 is 17.8 Å². The fourth-order valence-electron chi connectivity index (χ4n) is 2.74. The zero-order chi connectivity index (χ0) is 18.1. The van der Waals surface area contributed by atoms with Crippen molar-refractivity contribution in [1.29, 1.82) is 0 Å². The molecule has 1 heterocycles. The van der Waals surface area contributed by atoms with Crippen LogP contribution in [0, 0.1) is 5.92 Å². The average molecular weight is 348 g/mol. The Morgan fingerprint density at radius 3 is 2.44 bits per heavy atom. The molecular formula is C18H24N2O5. The molecule has 1 aromatic carbocycles. The van der Waals surface area contributed by atoms with E-state index in [2.05, 4.69) is 5.32 Å². The molecule has 136 valence electrons. The molecule has 0 radical (unpaired) electrons. The summed E-state index contributed by atoms with van der Waals surface area (Å²) in [7, 11) is 0. The number of nitrogens with zero attached hydrogens (tertiary/aromatic N) is 1. The molecule has 0 bridgehead atoms. The highest BCUT2D eigenvalue weighted by Gasteiger charge is 2.26. The van der Waals surface area contributed by atoms with E-state index in [9.17, 15) is 14.4 Å². The molecule has 0 spiro atoms. The number of piperidine rings is 1. The van der Waals surface area contributed by atoms with Gasteiger partial charge in [0.1, 0.15) is 13.2 Å². The van der Waals surface area contributed by atoms with Gasteiger partial charge in [0.15, 0.2) is 0 Å². The number of amides is 2. The Hall–Kier alpha value is -2.41. The van der Waals surface area contributed by atoms with Crippen LogP contribution in [0.15, 0.2) is 30.3 Å². The van der Waals surface area contributed by atoms with Gasteiger partial charge >= 0.3 is 5.97 Å². The van der Waals surface area contributed by atoms with Crippen LogP contribution in [0.5, 0.6) is 0 Å². The number of carboxylic acid groups (broad SMARTS) is 1. The monoisotopic (exact) mass is 348 g/mol. The number of likely N-dealkylation sites (tertiary alicyclic amines) is 1. The van der Waals surface area contributed by atoms with Gasteiger partial charge in [-0.2, -0.15) is 0 Å². The third-order valence-electron chi connectivity index (χ3n) is 4.23. The first kappa shape index (κ1) is 18.9. The highest BCUT2D eigenvalue weighted by molar-refractivity contribution is 5.80. The summed E-state index contributed by atoms with van der Waals surface area (Å²) in [5, 5.41) is 11.7. The van der Waals surface area contributed by atoms with Crippen LogP contribution in [0.2, 0.25) is 0 Å². The molecule has 1 aromatic rings. The van der Waals surface area contributed by atoms with Gasteiger partial charge in [0.05, 0.1) is 5.92 Å². The minimum Gasteiger partial charge on any atom is -0.481 e. The first-order valence-electron chi connectivity index (χ1n) is 8.45. The lowest BCUT2D eigenvalue weighted by Gasteiger charge is -2.30. The predicted molar refractivity (Wildman–Crippen MR) is 90.9 cm³/mol. The van der Waals surface area contributed by atoms with Gasteiger partial charge < -0.3 is 20.1 Å². The van der Waals surface area contributed by atoms with Gasteiger partial charge in [0, 0.05) is 19.6 Å². The van der Waals surface area contributed by atoms with Crippen LogP contribution in [-0.4, -0.2) is 60.6 Å². The van der Waals surface area contributed by atoms with Gasteiger partial charge in [-0.1, -0.05) is 30.3 Å². The molecule has 2 N–H and O–H groups in total. The summed E-state index contributed by atoms with van der Waals surface area (Å²) in [6, 6.07) is 9.83. The maximum Gasteiger partial charge on any atom is 0.306 e. The fourth-order valence-corrected chi connectivity index (χ4v) is 2.74. The summed E-state index contributed by atoms with van der Waals surface area (Å²) in [4.78, 5) is 36.1. The van der Waals surface area contributed by atoms with Crippen LogP contribution in [0.1, 0.15) is 18.4 Å². The summed E-state index contributed by atoms with van der Waals surface area (Å²) in [6.07, 6.45) is 1.66. The van der Waals surface area contributed by atoms with Crippen molar-refractivity contribution in [3.8, 4) is 0 Å². The lowest BCUT2D eigenvalue weighted by Crippen LogP contribution is -2.42. The number of aliphatic carboxylic acids is 1. The molecule has 1 fully saturated rings. The second-order valence-corrected chi connectivity index (χ2v) is 6.07. The lowest BCUT2D eigenvalue weighted by atomic mass is 9.97. The Balaban J connectivity index is 1.56. The van der Waals surface area contributed by atoms with Crippen molar-refractivity contribution in [1.82, 2.24) is 10.2 Å². The van der Waals surface area contributed by atoms with Gasteiger partial charge in [-0.25, -0.2) is 0 Å². The van der Waals surface area contributed by atoms with Gasteiger partial charge in [-0.15, -0.1) is 0 Å².